The lowest BCUT2D eigenvalue weighted by Gasteiger charge is -2.10. The molecule has 0 atom stereocenters. The van der Waals surface area contributed by atoms with Gasteiger partial charge in [0.25, 0.3) is 5.56 Å². The van der Waals surface area contributed by atoms with Crippen molar-refractivity contribution in [2.45, 2.75) is 25.9 Å². The van der Waals surface area contributed by atoms with Crippen LogP contribution in [-0.2, 0) is 9.53 Å². The fraction of sp³-hybridized carbons (Fsp3) is 0.278. The highest BCUT2D eigenvalue weighted by Gasteiger charge is 2.16. The van der Waals surface area contributed by atoms with Crippen LogP contribution in [-0.4, -0.2) is 43.8 Å². The minimum absolute atomic E-state index is 0.0512. The van der Waals surface area contributed by atoms with E-state index in [2.05, 4.69) is 20.5 Å². The van der Waals surface area contributed by atoms with Crippen molar-refractivity contribution in [1.29, 1.82) is 0 Å². The highest BCUT2D eigenvalue weighted by molar-refractivity contribution is 7.99. The molecular formula is C18H19N5O4S. The molecule has 0 aliphatic rings. The summed E-state index contributed by atoms with van der Waals surface area (Å²) in [5.41, 5.74) is 1.72. The normalized spacial score (nSPS) is 10.8. The zero-order valence-electron chi connectivity index (χ0n) is 15.6. The third-order valence-electron chi connectivity index (χ3n) is 4.11. The van der Waals surface area contributed by atoms with Crippen LogP contribution in [0.15, 0.2) is 34.2 Å². The summed E-state index contributed by atoms with van der Waals surface area (Å²) < 4.78 is 6.70. The van der Waals surface area contributed by atoms with Crippen molar-refractivity contribution in [3.8, 4) is 0 Å². The van der Waals surface area contributed by atoms with Gasteiger partial charge < -0.3 is 10.1 Å². The van der Waals surface area contributed by atoms with Crippen LogP contribution in [0, 0.1) is 13.8 Å². The van der Waals surface area contributed by atoms with Gasteiger partial charge in [-0.05, 0) is 32.9 Å². The summed E-state index contributed by atoms with van der Waals surface area (Å²) in [4.78, 5) is 38.9. The second-order valence-corrected chi connectivity index (χ2v) is 6.85. The van der Waals surface area contributed by atoms with Crippen LogP contribution in [0.4, 0.5) is 5.69 Å². The number of ether oxygens (including phenoxy) is 1. The van der Waals surface area contributed by atoms with E-state index in [0.29, 0.717) is 33.4 Å². The van der Waals surface area contributed by atoms with Crippen molar-refractivity contribution in [2.24, 2.45) is 0 Å². The van der Waals surface area contributed by atoms with E-state index in [1.807, 2.05) is 0 Å². The largest absolute Gasteiger partial charge is 0.462 e. The SMILES string of the molecule is CCOC(=O)c1ccccc1NC(=O)CSc1nnc2[nH]c(=O)c(C)c(C)n12. The third-order valence-corrected chi connectivity index (χ3v) is 5.04. The van der Waals surface area contributed by atoms with Crippen LogP contribution >= 0.6 is 11.8 Å². The van der Waals surface area contributed by atoms with Crippen LogP contribution in [0.5, 0.6) is 0 Å². The van der Waals surface area contributed by atoms with Gasteiger partial charge in [0.05, 0.1) is 23.6 Å². The molecule has 2 aromatic heterocycles. The number of rotatable bonds is 6. The lowest BCUT2D eigenvalue weighted by molar-refractivity contribution is -0.113. The van der Waals surface area contributed by atoms with Crippen molar-refractivity contribution in [3.05, 3.63) is 51.4 Å². The Morgan fingerprint density at radius 2 is 2.00 bits per heavy atom. The number of hydrogen-bond donors (Lipinski definition) is 2. The molecule has 146 valence electrons. The van der Waals surface area contributed by atoms with E-state index in [-0.39, 0.29) is 23.8 Å². The summed E-state index contributed by atoms with van der Waals surface area (Å²) >= 11 is 1.18. The number of anilines is 1. The molecule has 0 unspecified atom stereocenters. The fourth-order valence-corrected chi connectivity index (χ4v) is 3.35. The van der Waals surface area contributed by atoms with Gasteiger partial charge in [0, 0.05) is 11.3 Å². The second-order valence-electron chi connectivity index (χ2n) is 5.91. The average molecular weight is 401 g/mol. The van der Waals surface area contributed by atoms with Gasteiger partial charge in [-0.25, -0.2) is 4.79 Å². The number of aryl methyl sites for hydroxylation is 1. The highest BCUT2D eigenvalue weighted by atomic mass is 32.2. The van der Waals surface area contributed by atoms with Gasteiger partial charge in [0.15, 0.2) is 5.16 Å². The molecule has 0 saturated carbocycles. The Morgan fingerprint density at radius 3 is 2.75 bits per heavy atom. The van der Waals surface area contributed by atoms with Gasteiger partial charge in [-0.1, -0.05) is 23.9 Å². The van der Waals surface area contributed by atoms with Crippen molar-refractivity contribution < 1.29 is 14.3 Å². The Labute approximate surface area is 164 Å². The Balaban J connectivity index is 1.74. The summed E-state index contributed by atoms with van der Waals surface area (Å²) in [6.07, 6.45) is 0. The molecule has 0 aliphatic heterocycles. The van der Waals surface area contributed by atoms with Gasteiger partial charge in [0.2, 0.25) is 11.7 Å². The number of carbonyl (C=O) groups excluding carboxylic acids is 2. The molecule has 1 amide bonds. The molecular weight excluding hydrogens is 382 g/mol. The summed E-state index contributed by atoms with van der Waals surface area (Å²) in [5.74, 6) is -0.430. The highest BCUT2D eigenvalue weighted by Crippen LogP contribution is 2.20. The molecule has 0 fully saturated rings. The molecule has 3 aromatic rings. The van der Waals surface area contributed by atoms with Crippen LogP contribution in [0.3, 0.4) is 0 Å². The topological polar surface area (TPSA) is 118 Å². The second kappa shape index (κ2) is 8.26. The first-order valence-electron chi connectivity index (χ1n) is 8.55. The number of aromatic nitrogens is 4. The van der Waals surface area contributed by atoms with Gasteiger partial charge >= 0.3 is 5.97 Å². The maximum Gasteiger partial charge on any atom is 0.340 e. The predicted molar refractivity (Wildman–Crippen MR) is 105 cm³/mol. The molecule has 0 spiro atoms. The van der Waals surface area contributed by atoms with Crippen molar-refractivity contribution >= 4 is 35.1 Å². The van der Waals surface area contributed by atoms with E-state index in [4.69, 9.17) is 4.74 Å². The number of nitrogens with one attached hydrogen (secondary N) is 2. The van der Waals surface area contributed by atoms with Crippen LogP contribution < -0.4 is 10.9 Å². The first-order chi connectivity index (χ1) is 13.4. The molecule has 0 aliphatic carbocycles. The van der Waals surface area contributed by atoms with Crippen molar-refractivity contribution in [1.82, 2.24) is 19.6 Å². The van der Waals surface area contributed by atoms with Crippen LogP contribution in [0.2, 0.25) is 0 Å². The summed E-state index contributed by atoms with van der Waals surface area (Å²) in [5, 5.41) is 11.2. The molecule has 10 heteroatoms. The van der Waals surface area contributed by atoms with Gasteiger partial charge in [-0.3, -0.25) is 19.0 Å². The van der Waals surface area contributed by atoms with E-state index < -0.39 is 5.97 Å². The number of fused-ring (bicyclic) bond motifs is 1. The monoisotopic (exact) mass is 401 g/mol. The lowest BCUT2D eigenvalue weighted by Crippen LogP contribution is -2.18. The van der Waals surface area contributed by atoms with E-state index in [9.17, 15) is 14.4 Å². The number of esters is 1. The molecule has 2 heterocycles. The number of para-hydroxylation sites is 1. The third kappa shape index (κ3) is 3.91. The molecule has 2 N–H and O–H groups in total. The molecule has 3 rings (SSSR count). The van der Waals surface area contributed by atoms with E-state index in [1.54, 1.807) is 49.4 Å². The van der Waals surface area contributed by atoms with E-state index >= 15 is 0 Å². The maximum atomic E-state index is 12.4. The number of amides is 1. The van der Waals surface area contributed by atoms with Gasteiger partial charge in [-0.2, -0.15) is 0 Å². The quantitative estimate of drug-likeness (QED) is 0.479. The molecule has 0 bridgehead atoms. The lowest BCUT2D eigenvalue weighted by atomic mass is 10.2. The van der Waals surface area contributed by atoms with E-state index in [0.717, 1.165) is 0 Å². The minimum Gasteiger partial charge on any atom is -0.462 e. The average Bonchev–Trinajstić information content (AvgIpc) is 3.08. The fourth-order valence-electron chi connectivity index (χ4n) is 2.57. The minimum atomic E-state index is -0.496. The smallest absolute Gasteiger partial charge is 0.340 e. The first kappa shape index (κ1) is 19.6. The number of benzene rings is 1. The van der Waals surface area contributed by atoms with Crippen molar-refractivity contribution in [3.63, 3.8) is 0 Å². The maximum absolute atomic E-state index is 12.4. The Morgan fingerprint density at radius 1 is 1.25 bits per heavy atom. The summed E-state index contributed by atoms with van der Waals surface area (Å²) in [6.45, 7) is 5.47. The molecule has 9 nitrogen and oxygen atoms in total. The molecule has 0 radical (unpaired) electrons. The molecule has 28 heavy (non-hydrogen) atoms. The molecule has 1 aromatic carbocycles. The van der Waals surface area contributed by atoms with Gasteiger partial charge in [0.1, 0.15) is 0 Å². The summed E-state index contributed by atoms with van der Waals surface area (Å²) in [6, 6.07) is 6.65. The number of aromatic amines is 1. The van der Waals surface area contributed by atoms with E-state index in [1.165, 1.54) is 11.8 Å². The van der Waals surface area contributed by atoms with Crippen LogP contribution in [0.1, 0.15) is 28.5 Å². The number of carbonyl (C=O) groups is 2. The Kier molecular flexibility index (Phi) is 5.78. The molecule has 0 saturated heterocycles. The predicted octanol–water partition coefficient (Wildman–Crippen LogP) is 1.94. The Bertz CT molecular complexity index is 1110. The van der Waals surface area contributed by atoms with Crippen molar-refractivity contribution in [2.75, 3.05) is 17.7 Å². The Hall–Kier alpha value is -3.14. The number of hydrogen-bond acceptors (Lipinski definition) is 7. The number of H-pyrrole nitrogens is 1. The van der Waals surface area contributed by atoms with Crippen LogP contribution in [0.25, 0.3) is 5.78 Å². The first-order valence-corrected chi connectivity index (χ1v) is 9.54. The summed E-state index contributed by atoms with van der Waals surface area (Å²) in [7, 11) is 0. The standard InChI is InChI=1S/C18H19N5O4S/c1-4-27-16(26)12-7-5-6-8-13(12)19-14(24)9-28-18-22-21-17-20-15(25)10(2)11(3)23(17)18/h5-8H,4,9H2,1-3H3,(H,19,24)(H,20,21,25). The zero-order chi connectivity index (χ0) is 20.3. The number of nitrogens with zero attached hydrogens (tertiary/aromatic N) is 3. The zero-order valence-corrected chi connectivity index (χ0v) is 16.4. The number of thioether (sulfide) groups is 1. The van der Waals surface area contributed by atoms with Gasteiger partial charge in [-0.15, -0.1) is 10.2 Å².